The molecule has 0 bridgehead atoms. The fraction of sp³-hybridized carbons (Fsp3) is 0.348. The minimum Gasteiger partial charge on any atom is -0.423 e. The van der Waals surface area contributed by atoms with Crippen molar-refractivity contribution in [1.82, 2.24) is 0 Å². The smallest absolute Gasteiger partial charge is 0.343 e. The molecule has 0 unspecified atom stereocenters. The van der Waals surface area contributed by atoms with Gasteiger partial charge in [0.25, 0.3) is 0 Å². The van der Waals surface area contributed by atoms with Gasteiger partial charge in [0.05, 0.1) is 23.1 Å². The van der Waals surface area contributed by atoms with Crippen LogP contribution in [0.1, 0.15) is 42.1 Å². The average molecular weight is 377 g/mol. The van der Waals surface area contributed by atoms with E-state index in [9.17, 15) is 14.4 Å². The third kappa shape index (κ3) is 3.33. The molecular formula is C23H23NO4. The molecule has 1 saturated carbocycles. The maximum Gasteiger partial charge on any atom is 0.343 e. The summed E-state index contributed by atoms with van der Waals surface area (Å²) in [6.45, 7) is 4.07. The Morgan fingerprint density at radius 3 is 2.46 bits per heavy atom. The molecule has 2 aromatic carbocycles. The van der Waals surface area contributed by atoms with E-state index in [0.29, 0.717) is 22.9 Å². The van der Waals surface area contributed by atoms with Crippen molar-refractivity contribution in [3.05, 3.63) is 59.7 Å². The third-order valence-electron chi connectivity index (χ3n) is 5.76. The molecule has 28 heavy (non-hydrogen) atoms. The highest BCUT2D eigenvalue weighted by Gasteiger charge is 2.50. The standard InChI is InChI=1S/C23H23NO4/c1-14-6-9-16(10-7-14)23(27)28-18-5-3-4-17(13-18)24-21(25)19-11-8-15(2)12-20(19)22(24)26/h3-7,9-10,13,15,19-20H,8,11-12H2,1-2H3/t15-,19-,20+/m1/s1. The Morgan fingerprint density at radius 2 is 1.71 bits per heavy atom. The maximum absolute atomic E-state index is 12.9. The van der Waals surface area contributed by atoms with Gasteiger partial charge in [-0.3, -0.25) is 9.59 Å². The Labute approximate surface area is 164 Å². The van der Waals surface area contributed by atoms with Gasteiger partial charge < -0.3 is 4.74 Å². The van der Waals surface area contributed by atoms with Gasteiger partial charge in [0.1, 0.15) is 5.75 Å². The zero-order valence-electron chi connectivity index (χ0n) is 16.1. The number of carbonyl (C=O) groups excluding carboxylic acids is 3. The van der Waals surface area contributed by atoms with Gasteiger partial charge in [0, 0.05) is 6.07 Å². The number of hydrogen-bond acceptors (Lipinski definition) is 4. The molecule has 5 heteroatoms. The summed E-state index contributed by atoms with van der Waals surface area (Å²) < 4.78 is 5.46. The molecule has 4 rings (SSSR count). The molecule has 2 amide bonds. The molecule has 0 N–H and O–H groups in total. The highest BCUT2D eigenvalue weighted by atomic mass is 16.5. The largest absolute Gasteiger partial charge is 0.423 e. The van der Waals surface area contributed by atoms with Crippen molar-refractivity contribution in [1.29, 1.82) is 0 Å². The minimum atomic E-state index is -0.473. The fourth-order valence-electron chi connectivity index (χ4n) is 4.19. The zero-order valence-corrected chi connectivity index (χ0v) is 16.1. The second-order valence-electron chi connectivity index (χ2n) is 7.90. The van der Waals surface area contributed by atoms with Crippen molar-refractivity contribution in [3.8, 4) is 5.75 Å². The minimum absolute atomic E-state index is 0.135. The highest BCUT2D eigenvalue weighted by Crippen LogP contribution is 2.42. The quantitative estimate of drug-likeness (QED) is 0.458. The second-order valence-corrected chi connectivity index (χ2v) is 7.90. The lowest BCUT2D eigenvalue weighted by atomic mass is 9.76. The van der Waals surface area contributed by atoms with E-state index in [1.807, 2.05) is 19.1 Å². The topological polar surface area (TPSA) is 63.7 Å². The number of rotatable bonds is 3. The molecular weight excluding hydrogens is 354 g/mol. The zero-order chi connectivity index (χ0) is 19.8. The number of aryl methyl sites for hydroxylation is 1. The molecule has 1 aliphatic heterocycles. The summed E-state index contributed by atoms with van der Waals surface area (Å²) in [5.74, 6) is -0.421. The molecule has 2 aliphatic rings. The van der Waals surface area contributed by atoms with E-state index >= 15 is 0 Å². The van der Waals surface area contributed by atoms with E-state index in [2.05, 4.69) is 6.92 Å². The first-order valence-corrected chi connectivity index (χ1v) is 9.71. The average Bonchev–Trinajstić information content (AvgIpc) is 2.92. The van der Waals surface area contributed by atoms with Crippen LogP contribution in [0.3, 0.4) is 0 Å². The van der Waals surface area contributed by atoms with Gasteiger partial charge in [-0.2, -0.15) is 0 Å². The van der Waals surface area contributed by atoms with Crippen molar-refractivity contribution in [3.63, 3.8) is 0 Å². The van der Waals surface area contributed by atoms with Gasteiger partial charge in [-0.15, -0.1) is 0 Å². The molecule has 1 aliphatic carbocycles. The van der Waals surface area contributed by atoms with Gasteiger partial charge in [-0.05, 0) is 56.4 Å². The number of amides is 2. The van der Waals surface area contributed by atoms with Crippen LogP contribution in [0.25, 0.3) is 0 Å². The Morgan fingerprint density at radius 1 is 1.00 bits per heavy atom. The number of carbonyl (C=O) groups is 3. The number of ether oxygens (including phenoxy) is 1. The van der Waals surface area contributed by atoms with Crippen LogP contribution in [0.4, 0.5) is 5.69 Å². The molecule has 0 aromatic heterocycles. The number of esters is 1. The molecule has 0 radical (unpaired) electrons. The maximum atomic E-state index is 12.9. The Balaban J connectivity index is 1.55. The monoisotopic (exact) mass is 377 g/mol. The Hall–Kier alpha value is -2.95. The normalized spacial score (nSPS) is 24.2. The summed E-state index contributed by atoms with van der Waals surface area (Å²) in [5.41, 5.74) is 1.97. The van der Waals surface area contributed by atoms with Crippen LogP contribution in [0.5, 0.6) is 5.75 Å². The number of anilines is 1. The van der Waals surface area contributed by atoms with Gasteiger partial charge in [0.2, 0.25) is 11.8 Å². The molecule has 2 fully saturated rings. The Bertz CT molecular complexity index is 934. The third-order valence-corrected chi connectivity index (χ3v) is 5.76. The second kappa shape index (κ2) is 7.23. The van der Waals surface area contributed by atoms with Crippen molar-refractivity contribution >= 4 is 23.5 Å². The van der Waals surface area contributed by atoms with Crippen LogP contribution in [0.15, 0.2) is 48.5 Å². The lowest BCUT2D eigenvalue weighted by Gasteiger charge is -2.25. The SMILES string of the molecule is Cc1ccc(C(=O)Oc2cccc(N3C(=O)[C@H]4C[C@H](C)CC[C@H]4C3=O)c2)cc1. The summed E-state index contributed by atoms with van der Waals surface area (Å²) >= 11 is 0. The fourth-order valence-corrected chi connectivity index (χ4v) is 4.19. The van der Waals surface area contributed by atoms with Gasteiger partial charge in [0.15, 0.2) is 0 Å². The van der Waals surface area contributed by atoms with Gasteiger partial charge >= 0.3 is 5.97 Å². The lowest BCUT2D eigenvalue weighted by Crippen LogP contribution is -2.30. The van der Waals surface area contributed by atoms with Gasteiger partial charge in [-0.1, -0.05) is 30.7 Å². The number of benzene rings is 2. The summed E-state index contributed by atoms with van der Waals surface area (Å²) in [6, 6.07) is 13.7. The molecule has 3 atom stereocenters. The number of fused-ring (bicyclic) bond motifs is 1. The molecule has 2 aromatic rings. The van der Waals surface area contributed by atoms with E-state index in [1.54, 1.807) is 36.4 Å². The Kier molecular flexibility index (Phi) is 4.75. The van der Waals surface area contributed by atoms with Crippen LogP contribution in [0.2, 0.25) is 0 Å². The van der Waals surface area contributed by atoms with Gasteiger partial charge in [-0.25, -0.2) is 9.69 Å². The molecule has 144 valence electrons. The summed E-state index contributed by atoms with van der Waals surface area (Å²) in [6.07, 6.45) is 2.49. The summed E-state index contributed by atoms with van der Waals surface area (Å²) in [5, 5.41) is 0. The van der Waals surface area contributed by atoms with Crippen molar-refractivity contribution in [2.75, 3.05) is 4.90 Å². The van der Waals surface area contributed by atoms with E-state index in [1.165, 1.54) is 4.90 Å². The van der Waals surface area contributed by atoms with E-state index in [-0.39, 0.29) is 23.7 Å². The van der Waals surface area contributed by atoms with Crippen molar-refractivity contribution < 1.29 is 19.1 Å². The van der Waals surface area contributed by atoms with Crippen LogP contribution in [0, 0.1) is 24.7 Å². The molecule has 1 heterocycles. The molecule has 5 nitrogen and oxygen atoms in total. The van der Waals surface area contributed by atoms with E-state index in [0.717, 1.165) is 24.8 Å². The number of imide groups is 1. The first kappa shape index (κ1) is 18.4. The summed E-state index contributed by atoms with van der Waals surface area (Å²) in [7, 11) is 0. The first-order chi connectivity index (χ1) is 13.4. The van der Waals surface area contributed by atoms with E-state index < -0.39 is 5.97 Å². The van der Waals surface area contributed by atoms with Crippen LogP contribution < -0.4 is 9.64 Å². The van der Waals surface area contributed by atoms with Crippen LogP contribution in [-0.2, 0) is 9.59 Å². The van der Waals surface area contributed by atoms with Crippen LogP contribution >= 0.6 is 0 Å². The molecule has 0 spiro atoms. The number of nitrogens with zero attached hydrogens (tertiary/aromatic N) is 1. The molecule has 1 saturated heterocycles. The van der Waals surface area contributed by atoms with E-state index in [4.69, 9.17) is 4.74 Å². The van der Waals surface area contributed by atoms with Crippen LogP contribution in [-0.4, -0.2) is 17.8 Å². The van der Waals surface area contributed by atoms with Crippen molar-refractivity contribution in [2.24, 2.45) is 17.8 Å². The highest BCUT2D eigenvalue weighted by molar-refractivity contribution is 6.22. The lowest BCUT2D eigenvalue weighted by molar-refractivity contribution is -0.122. The number of hydrogen-bond donors (Lipinski definition) is 0. The summed E-state index contributed by atoms with van der Waals surface area (Å²) in [4.78, 5) is 39.4. The first-order valence-electron chi connectivity index (χ1n) is 9.71. The van der Waals surface area contributed by atoms with Crippen molar-refractivity contribution in [2.45, 2.75) is 33.1 Å². The predicted molar refractivity (Wildman–Crippen MR) is 105 cm³/mol. The predicted octanol–water partition coefficient (Wildman–Crippen LogP) is 4.14.